The zero-order chi connectivity index (χ0) is 11.8. The third-order valence-corrected chi connectivity index (χ3v) is 2.73. The van der Waals surface area contributed by atoms with Crippen LogP contribution in [-0.4, -0.2) is 4.98 Å². The van der Waals surface area contributed by atoms with Gasteiger partial charge in [0.1, 0.15) is 0 Å². The Bertz CT molecular complexity index is 627. The van der Waals surface area contributed by atoms with E-state index >= 15 is 0 Å². The topological polar surface area (TPSA) is 15.8 Å². The molecule has 0 saturated carbocycles. The molecule has 0 amide bonds. The first kappa shape index (κ1) is 6.67. The van der Waals surface area contributed by atoms with Gasteiger partial charge in [-0.2, -0.15) is 0 Å². The van der Waals surface area contributed by atoms with E-state index < -0.39 is 0 Å². The molecule has 3 rings (SSSR count). The van der Waals surface area contributed by atoms with Gasteiger partial charge in [-0.15, -0.1) is 0 Å². The normalized spacial score (nSPS) is 13.1. The molecule has 0 unspecified atom stereocenters. The van der Waals surface area contributed by atoms with E-state index in [1.54, 1.807) is 0 Å². The van der Waals surface area contributed by atoms with Crippen molar-refractivity contribution in [3.05, 3.63) is 47.5 Å². The Labute approximate surface area is 91.5 Å². The minimum Gasteiger partial charge on any atom is -0.355 e. The molecule has 1 aromatic heterocycles. The molecule has 1 N–H and O–H groups in total. The minimum absolute atomic E-state index is 0.306. The van der Waals surface area contributed by atoms with Crippen molar-refractivity contribution in [3.63, 3.8) is 0 Å². The number of nitrogens with one attached hydrogen (secondary N) is 1. The lowest BCUT2D eigenvalue weighted by Crippen LogP contribution is -1.72. The van der Waals surface area contributed by atoms with Crippen LogP contribution in [-0.2, 0) is 0 Å². The second-order valence-corrected chi connectivity index (χ2v) is 3.88. The number of hydrogen-bond acceptors (Lipinski definition) is 0. The third kappa shape index (κ3) is 1.23. The molecule has 3 aromatic rings. The maximum absolute atomic E-state index is 7.42. The predicted octanol–water partition coefficient (Wildman–Crippen LogP) is 3.94. The molecule has 1 heteroatoms. The lowest BCUT2D eigenvalue weighted by Gasteiger charge is -1.94. The zero-order valence-electron chi connectivity index (χ0n) is 10.4. The number of fused-ring (bicyclic) bond motifs is 3. The van der Waals surface area contributed by atoms with E-state index in [1.165, 1.54) is 0 Å². The highest BCUT2D eigenvalue weighted by Gasteiger charge is 2.03. The van der Waals surface area contributed by atoms with Crippen molar-refractivity contribution < 1.29 is 2.74 Å². The average molecular weight is 197 g/mol. The van der Waals surface area contributed by atoms with Gasteiger partial charge in [-0.1, -0.05) is 23.3 Å². The fourth-order valence-electron chi connectivity index (χ4n) is 1.99. The van der Waals surface area contributed by atoms with Crippen LogP contribution < -0.4 is 0 Å². The van der Waals surface area contributed by atoms with Crippen LogP contribution in [0.1, 0.15) is 13.9 Å². The average Bonchev–Trinajstić information content (AvgIpc) is 2.75. The van der Waals surface area contributed by atoms with Gasteiger partial charge < -0.3 is 4.98 Å². The smallest absolute Gasteiger partial charge is 0.0465 e. The monoisotopic (exact) mass is 197 g/mol. The molecule has 0 spiro atoms. The molecular formula is C14H13N. The first-order valence-electron chi connectivity index (χ1n) is 6.35. The molecular weight excluding hydrogens is 182 g/mol. The van der Waals surface area contributed by atoms with Gasteiger partial charge in [0.15, 0.2) is 0 Å². The summed E-state index contributed by atoms with van der Waals surface area (Å²) in [6, 6.07) is 12.1. The maximum Gasteiger partial charge on any atom is 0.0465 e. The van der Waals surface area contributed by atoms with Crippen molar-refractivity contribution in [2.75, 3.05) is 0 Å². The van der Waals surface area contributed by atoms with E-state index in [0.717, 1.165) is 32.9 Å². The van der Waals surface area contributed by atoms with Crippen molar-refractivity contribution in [1.82, 2.24) is 4.98 Å². The Kier molecular flexibility index (Phi) is 1.27. The van der Waals surface area contributed by atoms with E-state index in [2.05, 4.69) is 17.1 Å². The highest BCUT2D eigenvalue weighted by molar-refractivity contribution is 6.07. The molecule has 0 bridgehead atoms. The molecule has 0 fully saturated rings. The minimum atomic E-state index is 0.306. The van der Waals surface area contributed by atoms with Crippen LogP contribution in [0.15, 0.2) is 36.4 Å². The lowest BCUT2D eigenvalue weighted by molar-refractivity contribution is 1.48. The molecule has 74 valence electrons. The molecule has 0 aliphatic carbocycles. The summed E-state index contributed by atoms with van der Waals surface area (Å²) in [6.07, 6.45) is 0. The number of rotatable bonds is 0. The fourth-order valence-corrected chi connectivity index (χ4v) is 1.99. The van der Waals surface area contributed by atoms with Crippen molar-refractivity contribution in [2.24, 2.45) is 0 Å². The molecule has 1 nitrogen and oxygen atoms in total. The van der Waals surface area contributed by atoms with Crippen LogP contribution >= 0.6 is 0 Å². The van der Waals surface area contributed by atoms with E-state index in [1.807, 2.05) is 24.3 Å². The molecule has 15 heavy (non-hydrogen) atoms. The Morgan fingerprint density at radius 1 is 0.867 bits per heavy atom. The van der Waals surface area contributed by atoms with E-state index in [4.69, 9.17) is 2.74 Å². The summed E-state index contributed by atoms with van der Waals surface area (Å²) in [6.45, 7) is 0.613. The number of aromatic amines is 1. The van der Waals surface area contributed by atoms with Gasteiger partial charge in [-0.3, -0.25) is 0 Å². The molecule has 1 heterocycles. The summed E-state index contributed by atoms with van der Waals surface area (Å²) in [4.78, 5) is 3.36. The van der Waals surface area contributed by atoms with Crippen LogP contribution in [0.2, 0.25) is 0 Å². The van der Waals surface area contributed by atoms with E-state index in [0.29, 0.717) is 13.8 Å². The summed E-state index contributed by atoms with van der Waals surface area (Å²) in [5, 5.41) is 2.31. The first-order valence-corrected chi connectivity index (χ1v) is 4.93. The molecule has 0 saturated heterocycles. The fraction of sp³-hybridized carbons (Fsp3) is 0.143. The molecule has 0 radical (unpaired) electrons. The van der Waals surface area contributed by atoms with Gasteiger partial charge in [0.2, 0.25) is 0 Å². The van der Waals surface area contributed by atoms with Crippen molar-refractivity contribution in [3.8, 4) is 0 Å². The highest BCUT2D eigenvalue weighted by Crippen LogP contribution is 2.26. The highest BCUT2D eigenvalue weighted by atomic mass is 14.7. The van der Waals surface area contributed by atoms with Crippen molar-refractivity contribution >= 4 is 21.8 Å². The van der Waals surface area contributed by atoms with Gasteiger partial charge in [0.25, 0.3) is 0 Å². The molecule has 0 aliphatic heterocycles. The maximum atomic E-state index is 7.42. The Morgan fingerprint density at radius 2 is 1.40 bits per heavy atom. The number of aryl methyl sites for hydroxylation is 2. The third-order valence-electron chi connectivity index (χ3n) is 2.73. The van der Waals surface area contributed by atoms with Gasteiger partial charge in [0.05, 0.1) is 0 Å². The summed E-state index contributed by atoms with van der Waals surface area (Å²) in [7, 11) is 0. The first-order chi connectivity index (χ1) is 8.31. The molecule has 2 aromatic carbocycles. The number of aromatic nitrogens is 1. The lowest BCUT2D eigenvalue weighted by atomic mass is 10.1. The van der Waals surface area contributed by atoms with Gasteiger partial charge >= 0.3 is 0 Å². The number of hydrogen-bond donors (Lipinski definition) is 1. The molecule has 0 atom stereocenters. The quantitative estimate of drug-likeness (QED) is 0.562. The van der Waals surface area contributed by atoms with Crippen LogP contribution in [0.4, 0.5) is 0 Å². The second-order valence-electron chi connectivity index (χ2n) is 3.88. The van der Waals surface area contributed by atoms with Crippen LogP contribution in [0, 0.1) is 13.8 Å². The van der Waals surface area contributed by atoms with Crippen molar-refractivity contribution in [1.29, 1.82) is 0 Å². The van der Waals surface area contributed by atoms with Gasteiger partial charge in [-0.05, 0) is 38.1 Å². The SMILES string of the molecule is [2H]Cc1ccc2[nH]c3ccc(C[2H])cc3c2c1. The Morgan fingerprint density at radius 3 is 1.87 bits per heavy atom. The number of H-pyrrole nitrogens is 1. The number of benzene rings is 2. The Hall–Kier alpha value is -1.76. The predicted molar refractivity (Wildman–Crippen MR) is 65.3 cm³/mol. The summed E-state index contributed by atoms with van der Waals surface area (Å²) in [5.41, 5.74) is 4.24. The Balaban J connectivity index is 2.37. The van der Waals surface area contributed by atoms with Crippen LogP contribution in [0.25, 0.3) is 21.8 Å². The largest absolute Gasteiger partial charge is 0.355 e. The summed E-state index contributed by atoms with van der Waals surface area (Å²) in [5.74, 6) is 0. The zero-order valence-corrected chi connectivity index (χ0v) is 8.38. The summed E-state index contributed by atoms with van der Waals surface area (Å²) < 4.78 is 14.8. The standard InChI is InChI=1S/C14H13N/c1-9-3-5-13-11(7-9)12-8-10(2)4-6-14(12)15-13/h3-8,15H,1-2H3/i1D,2D. The summed E-state index contributed by atoms with van der Waals surface area (Å²) >= 11 is 0. The van der Waals surface area contributed by atoms with Crippen molar-refractivity contribution in [2.45, 2.75) is 13.8 Å². The second kappa shape index (κ2) is 2.86. The van der Waals surface area contributed by atoms with Crippen LogP contribution in [0.3, 0.4) is 0 Å². The van der Waals surface area contributed by atoms with Gasteiger partial charge in [-0.25, -0.2) is 0 Å². The van der Waals surface area contributed by atoms with Gasteiger partial charge in [0, 0.05) is 24.5 Å². The molecule has 0 aliphatic rings. The van der Waals surface area contributed by atoms with E-state index in [9.17, 15) is 0 Å². The van der Waals surface area contributed by atoms with Crippen LogP contribution in [0.5, 0.6) is 0 Å². The van der Waals surface area contributed by atoms with E-state index in [-0.39, 0.29) is 0 Å².